The highest BCUT2D eigenvalue weighted by atomic mass is 35.5. The van der Waals surface area contributed by atoms with E-state index in [-0.39, 0.29) is 6.61 Å². The van der Waals surface area contributed by atoms with Crippen LogP contribution in [-0.4, -0.2) is 17.7 Å². The second-order valence-electron chi connectivity index (χ2n) is 2.40. The van der Waals surface area contributed by atoms with Crippen LogP contribution in [0.15, 0.2) is 18.2 Å². The van der Waals surface area contributed by atoms with Gasteiger partial charge in [-0.15, -0.1) is 0 Å². The first-order valence-electron chi connectivity index (χ1n) is 3.64. The van der Waals surface area contributed by atoms with Gasteiger partial charge in [0.1, 0.15) is 5.75 Å². The number of benzene rings is 1. The van der Waals surface area contributed by atoms with Crippen molar-refractivity contribution >= 4 is 29.1 Å². The van der Waals surface area contributed by atoms with Gasteiger partial charge in [-0.1, -0.05) is 23.2 Å². The Balaban J connectivity index is 2.63. The van der Waals surface area contributed by atoms with Gasteiger partial charge in [0.15, 0.2) is 6.61 Å². The maximum atomic E-state index is 10.6. The fourth-order valence-electron chi connectivity index (χ4n) is 0.768. The minimum atomic E-state index is -0.656. The Kier molecular flexibility index (Phi) is 4.00. The molecular formula is C8H7Cl2NO3. The molecule has 2 N–H and O–H groups in total. The Hall–Kier alpha value is -0.970. The molecule has 0 spiro atoms. The highest BCUT2D eigenvalue weighted by Gasteiger charge is 2.04. The van der Waals surface area contributed by atoms with E-state index in [0.29, 0.717) is 15.8 Å². The van der Waals surface area contributed by atoms with Gasteiger partial charge in [-0.05, 0) is 18.2 Å². The van der Waals surface area contributed by atoms with E-state index in [1.54, 1.807) is 6.07 Å². The molecule has 0 aromatic heterocycles. The number of carbonyl (C=O) groups excluding carboxylic acids is 1. The molecule has 1 rings (SSSR count). The fourth-order valence-corrected chi connectivity index (χ4v) is 1.23. The predicted octanol–water partition coefficient (Wildman–Crippen LogP) is 1.88. The van der Waals surface area contributed by atoms with Gasteiger partial charge in [0.2, 0.25) is 0 Å². The van der Waals surface area contributed by atoms with Crippen molar-refractivity contribution in [2.24, 2.45) is 0 Å². The molecule has 1 aromatic rings. The monoisotopic (exact) mass is 235 g/mol. The fraction of sp³-hybridized carbons (Fsp3) is 0.125. The number of ether oxygens (including phenoxy) is 1. The number of amides is 1. The predicted molar refractivity (Wildman–Crippen MR) is 51.9 cm³/mol. The lowest BCUT2D eigenvalue weighted by molar-refractivity contribution is -0.131. The normalized spacial score (nSPS) is 9.64. The number of hydroxylamine groups is 1. The Morgan fingerprint density at radius 1 is 1.50 bits per heavy atom. The van der Waals surface area contributed by atoms with Crippen molar-refractivity contribution in [3.63, 3.8) is 0 Å². The summed E-state index contributed by atoms with van der Waals surface area (Å²) in [4.78, 5) is 10.6. The molecule has 1 amide bonds. The molecule has 0 bridgehead atoms. The third-order valence-corrected chi connectivity index (χ3v) is 1.91. The Morgan fingerprint density at radius 2 is 2.21 bits per heavy atom. The van der Waals surface area contributed by atoms with Gasteiger partial charge in [-0.2, -0.15) is 0 Å². The summed E-state index contributed by atoms with van der Waals surface area (Å²) in [6, 6.07) is 4.62. The minimum Gasteiger partial charge on any atom is -0.482 e. The summed E-state index contributed by atoms with van der Waals surface area (Å²) in [6.45, 7) is -0.308. The summed E-state index contributed by atoms with van der Waals surface area (Å²) < 4.78 is 4.98. The number of hydrogen-bond donors (Lipinski definition) is 2. The zero-order valence-electron chi connectivity index (χ0n) is 6.96. The molecule has 0 aliphatic heterocycles. The molecule has 0 atom stereocenters. The lowest BCUT2D eigenvalue weighted by atomic mass is 10.3. The number of hydrogen-bond acceptors (Lipinski definition) is 3. The lowest BCUT2D eigenvalue weighted by Gasteiger charge is -2.06. The third kappa shape index (κ3) is 3.06. The molecule has 0 aliphatic carbocycles. The quantitative estimate of drug-likeness (QED) is 0.622. The molecule has 0 heterocycles. The smallest absolute Gasteiger partial charge is 0.281 e. The number of nitrogens with one attached hydrogen (secondary N) is 1. The molecule has 0 fully saturated rings. The van der Waals surface area contributed by atoms with E-state index in [0.717, 1.165) is 0 Å². The Labute approximate surface area is 90.3 Å². The van der Waals surface area contributed by atoms with Gasteiger partial charge in [-0.3, -0.25) is 10.0 Å². The lowest BCUT2D eigenvalue weighted by Crippen LogP contribution is -2.25. The molecule has 0 saturated carbocycles. The van der Waals surface area contributed by atoms with Gasteiger partial charge in [0, 0.05) is 5.02 Å². The van der Waals surface area contributed by atoms with Crippen LogP contribution in [-0.2, 0) is 4.79 Å². The molecule has 0 unspecified atom stereocenters. The van der Waals surface area contributed by atoms with Gasteiger partial charge in [0.25, 0.3) is 5.91 Å². The van der Waals surface area contributed by atoms with Crippen molar-refractivity contribution in [3.8, 4) is 5.75 Å². The van der Waals surface area contributed by atoms with Crippen molar-refractivity contribution in [1.29, 1.82) is 0 Å². The van der Waals surface area contributed by atoms with E-state index in [1.807, 2.05) is 0 Å². The van der Waals surface area contributed by atoms with Crippen LogP contribution in [0.1, 0.15) is 0 Å². The SMILES string of the molecule is O=C(COc1ccc(Cl)cc1Cl)NO. The number of halogens is 2. The molecule has 1 aromatic carbocycles. The molecule has 0 saturated heterocycles. The first-order valence-corrected chi connectivity index (χ1v) is 4.40. The third-order valence-electron chi connectivity index (χ3n) is 1.38. The van der Waals surface area contributed by atoms with Crippen LogP contribution in [0.3, 0.4) is 0 Å². The summed E-state index contributed by atoms with van der Waals surface area (Å²) in [5.41, 5.74) is 1.43. The maximum Gasteiger partial charge on any atom is 0.281 e. The number of carbonyl (C=O) groups is 1. The van der Waals surface area contributed by atoms with Crippen molar-refractivity contribution in [2.45, 2.75) is 0 Å². The van der Waals surface area contributed by atoms with Crippen molar-refractivity contribution in [1.82, 2.24) is 5.48 Å². The highest BCUT2D eigenvalue weighted by molar-refractivity contribution is 6.35. The van der Waals surface area contributed by atoms with Gasteiger partial charge in [-0.25, -0.2) is 5.48 Å². The van der Waals surface area contributed by atoms with E-state index in [9.17, 15) is 4.79 Å². The Morgan fingerprint density at radius 3 is 2.79 bits per heavy atom. The van der Waals surface area contributed by atoms with Crippen LogP contribution in [0, 0.1) is 0 Å². The highest BCUT2D eigenvalue weighted by Crippen LogP contribution is 2.27. The summed E-state index contributed by atoms with van der Waals surface area (Å²) in [7, 11) is 0. The summed E-state index contributed by atoms with van der Waals surface area (Å²) in [5, 5.41) is 8.98. The van der Waals surface area contributed by atoms with Crippen LogP contribution < -0.4 is 10.2 Å². The molecule has 4 nitrogen and oxygen atoms in total. The molecule has 0 radical (unpaired) electrons. The molecular weight excluding hydrogens is 229 g/mol. The molecule has 0 aliphatic rings. The van der Waals surface area contributed by atoms with Crippen molar-refractivity contribution in [3.05, 3.63) is 28.2 Å². The summed E-state index contributed by atoms with van der Waals surface area (Å²) in [6.07, 6.45) is 0. The van der Waals surface area contributed by atoms with Gasteiger partial charge in [0.05, 0.1) is 5.02 Å². The molecule has 76 valence electrons. The summed E-state index contributed by atoms with van der Waals surface area (Å²) in [5.74, 6) is -0.323. The van der Waals surface area contributed by atoms with Crippen LogP contribution in [0.2, 0.25) is 10.0 Å². The van der Waals surface area contributed by atoms with E-state index < -0.39 is 5.91 Å². The van der Waals surface area contributed by atoms with Crippen LogP contribution in [0.4, 0.5) is 0 Å². The molecule has 14 heavy (non-hydrogen) atoms. The van der Waals surface area contributed by atoms with Crippen molar-refractivity contribution < 1.29 is 14.7 Å². The second kappa shape index (κ2) is 5.05. The van der Waals surface area contributed by atoms with E-state index in [4.69, 9.17) is 33.1 Å². The standard InChI is InChI=1S/C8H7Cl2NO3/c9-5-1-2-7(6(10)3-5)14-4-8(12)11-13/h1-3,13H,4H2,(H,11,12). The zero-order chi connectivity index (χ0) is 10.6. The van der Waals surface area contributed by atoms with Crippen LogP contribution >= 0.6 is 23.2 Å². The average Bonchev–Trinajstić information content (AvgIpc) is 2.16. The average molecular weight is 236 g/mol. The Bertz CT molecular complexity index is 343. The first-order chi connectivity index (χ1) is 6.63. The second-order valence-corrected chi connectivity index (χ2v) is 3.24. The zero-order valence-corrected chi connectivity index (χ0v) is 8.47. The van der Waals surface area contributed by atoms with Crippen molar-refractivity contribution in [2.75, 3.05) is 6.61 Å². The van der Waals surface area contributed by atoms with Crippen LogP contribution in [0.25, 0.3) is 0 Å². The topological polar surface area (TPSA) is 58.6 Å². The molecule has 6 heteroatoms. The summed E-state index contributed by atoms with van der Waals surface area (Å²) >= 11 is 11.4. The van der Waals surface area contributed by atoms with Crippen LogP contribution in [0.5, 0.6) is 5.75 Å². The number of rotatable bonds is 3. The van der Waals surface area contributed by atoms with Gasteiger partial charge >= 0.3 is 0 Å². The first kappa shape index (κ1) is 11.1. The van der Waals surface area contributed by atoms with E-state index in [2.05, 4.69) is 0 Å². The maximum absolute atomic E-state index is 10.6. The minimum absolute atomic E-state index is 0.308. The largest absolute Gasteiger partial charge is 0.482 e. The van der Waals surface area contributed by atoms with E-state index in [1.165, 1.54) is 17.6 Å². The van der Waals surface area contributed by atoms with Gasteiger partial charge < -0.3 is 4.74 Å². The van der Waals surface area contributed by atoms with E-state index >= 15 is 0 Å².